The molecule has 1 amide bonds. The van der Waals surface area contributed by atoms with Gasteiger partial charge in [0.25, 0.3) is 22.2 Å². The summed E-state index contributed by atoms with van der Waals surface area (Å²) in [4.78, 5) is 106. The van der Waals surface area contributed by atoms with Crippen molar-refractivity contribution in [2.24, 2.45) is 5.73 Å². The van der Waals surface area contributed by atoms with Gasteiger partial charge in [0, 0.05) is 42.6 Å². The predicted octanol–water partition coefficient (Wildman–Crippen LogP) is 5.84. The van der Waals surface area contributed by atoms with Crippen molar-refractivity contribution in [2.45, 2.75) is 183 Å². The van der Waals surface area contributed by atoms with Crippen LogP contribution in [0, 0.1) is 0 Å². The van der Waals surface area contributed by atoms with E-state index in [0.29, 0.717) is 31.4 Å². The lowest BCUT2D eigenvalue weighted by atomic mass is 10.2. The highest BCUT2D eigenvalue weighted by molar-refractivity contribution is 6.23. The van der Waals surface area contributed by atoms with E-state index < -0.39 is 70.8 Å². The van der Waals surface area contributed by atoms with Gasteiger partial charge in [0.15, 0.2) is 0 Å². The number of pyridine rings is 4. The van der Waals surface area contributed by atoms with E-state index in [1.165, 1.54) is 76.8 Å². The van der Waals surface area contributed by atoms with Crippen molar-refractivity contribution in [3.05, 3.63) is 160 Å². The van der Waals surface area contributed by atoms with Gasteiger partial charge in [0.05, 0.1) is 75.2 Å². The van der Waals surface area contributed by atoms with Crippen LogP contribution in [0.2, 0.25) is 0 Å². The first-order valence-corrected chi connectivity index (χ1v) is 29.1. The van der Waals surface area contributed by atoms with Gasteiger partial charge in [-0.2, -0.15) is 0 Å². The predicted molar refractivity (Wildman–Crippen MR) is 327 cm³/mol. The second kappa shape index (κ2) is 34.9. The third-order valence-electron chi connectivity index (χ3n) is 15.1. The molecule has 0 aliphatic heterocycles. The number of carboxylic acids is 1. The molecule has 0 unspecified atom stereocenters. The molecule has 28 heteroatoms. The van der Waals surface area contributed by atoms with Crippen molar-refractivity contribution >= 4 is 59.6 Å². The Morgan fingerprint density at radius 3 is 1.25 bits per heavy atom. The molecule has 484 valence electrons. The van der Waals surface area contributed by atoms with Gasteiger partial charge in [-0.05, 0) is 178 Å². The van der Waals surface area contributed by atoms with Gasteiger partial charge in [-0.25, -0.2) is 24.0 Å². The summed E-state index contributed by atoms with van der Waals surface area (Å²) in [6, 6.07) is 14.5. The maximum absolute atomic E-state index is 12.4. The summed E-state index contributed by atoms with van der Waals surface area (Å²) in [5.74, 6) is -2.55. The molecule has 88 heavy (non-hydrogen) atoms. The Hall–Kier alpha value is -7.43. The highest BCUT2D eigenvalue weighted by atomic mass is 35.5. The zero-order valence-corrected chi connectivity index (χ0v) is 51.3. The Kier molecular flexibility index (Phi) is 29.0. The first-order valence-electron chi connectivity index (χ1n) is 28.7. The highest BCUT2D eigenvalue weighted by Crippen LogP contribution is 2.32. The molecule has 0 spiro atoms. The number of carbonyl (C=O) groups is 4. The number of amides is 1. The van der Waals surface area contributed by atoms with Crippen LogP contribution in [0.3, 0.4) is 0 Å². The zero-order chi connectivity index (χ0) is 64.1. The number of halogens is 2. The van der Waals surface area contributed by atoms with E-state index >= 15 is 0 Å². The fraction of sp³-hybridized carbons (Fsp3) is 0.517. The molecule has 10 N–H and O–H groups in total. The van der Waals surface area contributed by atoms with Crippen molar-refractivity contribution in [1.82, 2.24) is 18.3 Å². The molecule has 10 rings (SSSR count). The molecule has 0 bridgehead atoms. The van der Waals surface area contributed by atoms with Gasteiger partial charge in [-0.15, -0.1) is 12.4 Å². The first kappa shape index (κ1) is 73.0. The summed E-state index contributed by atoms with van der Waals surface area (Å²) in [6.45, 7) is 5.26. The lowest BCUT2D eigenvalue weighted by molar-refractivity contribution is 0.0587. The first-order chi connectivity index (χ1) is 41.3. The molecule has 5 aromatic heterocycles. The second-order valence-electron chi connectivity index (χ2n) is 22.3. The van der Waals surface area contributed by atoms with Crippen molar-refractivity contribution in [2.75, 3.05) is 24.4 Å². The standard InChI is InChI=1S/C15H22N2O4.C12H15NO4.C11H13NO4.C10H13ClN2O2.C7H6O4.C5H11NO.ClH/c1-15(2,3)21-14(20)16-10-6-5-9-17(13(10)19)11-7-4-8-12(11)18;1-17-12(16)8-4-3-7-13(11(8)15)9-5-2-6-10(9)14;13-9-5-1-4-8(9)12-6-2-3-7(10(12)14)11(15)16;11-12-7-3-2-6-13(10(7)15)8-4-1-5-9(8)14;1-10-6(8)5-3-2-4-11-7(5)9;6-4-2-1-3-5(4)7;/h5-6,9,11-12,18H,4,7-8H2,1-3H3,(H,16,20);3-4,7,9-10,14H,2,5-6H2,1H3;2-3,6,8-9,13H,1,4-5H2,(H,15,16);2-3,6,8-9,12,14H,1,4-5H2;2-4H,1H3;4-5,7H,1-3,6H2;1H/t11-,12+;9-,10+;2*8-,9+;;4-,5+;/m1111.1./s1. The van der Waals surface area contributed by atoms with Crippen LogP contribution >= 0.6 is 24.2 Å². The molecule has 5 aromatic rings. The topological polar surface area (TPSA) is 386 Å². The van der Waals surface area contributed by atoms with Crippen LogP contribution < -0.4 is 43.7 Å². The van der Waals surface area contributed by atoms with Gasteiger partial charge in [0.2, 0.25) is 0 Å². The summed E-state index contributed by atoms with van der Waals surface area (Å²) in [7, 11) is 2.44. The van der Waals surface area contributed by atoms with E-state index in [-0.39, 0.29) is 82.2 Å². The number of anilines is 2. The zero-order valence-electron chi connectivity index (χ0n) is 49.7. The minimum absolute atomic E-state index is 0. The molecule has 5 saturated carbocycles. The normalized spacial score (nSPS) is 23.1. The SMILES string of the molecule is CC(C)(C)OC(=O)Nc1cccn([C@@H]2CCC[C@@H]2O)c1=O.COC(=O)c1cccn([C@@H]2CCC[C@@H]2O)c1=O.COC(=O)c1cccoc1=O.Cl.N[C@@H]1CCC[C@@H]1O.O=C(O)c1cccn([C@@H]2CCC[C@@H]2O)c1=O.O=c1c(NCl)cccn1[C@@H]1CCC[C@@H]1O. The number of carbonyl (C=O) groups excluding carboxylic acids is 3. The van der Waals surface area contributed by atoms with E-state index in [4.69, 9.17) is 32.5 Å². The average Bonchev–Trinajstić information content (AvgIpc) is 4.26. The number of aromatic nitrogens is 4. The van der Waals surface area contributed by atoms with Crippen LogP contribution in [0.4, 0.5) is 16.2 Å². The van der Waals surface area contributed by atoms with Crippen molar-refractivity contribution < 1.29 is 68.4 Å². The van der Waals surface area contributed by atoms with Gasteiger partial charge >= 0.3 is 29.6 Å². The Morgan fingerprint density at radius 2 is 0.898 bits per heavy atom. The summed E-state index contributed by atoms with van der Waals surface area (Å²) in [5.41, 5.74) is 2.85. The molecule has 0 aromatic carbocycles. The number of aliphatic hydroxyl groups is 5. The highest BCUT2D eigenvalue weighted by Gasteiger charge is 2.32. The molecule has 0 radical (unpaired) electrons. The summed E-state index contributed by atoms with van der Waals surface area (Å²) < 4.78 is 24.2. The molecule has 26 nitrogen and oxygen atoms in total. The minimum atomic E-state index is -1.23. The van der Waals surface area contributed by atoms with Crippen LogP contribution in [0.1, 0.15) is 172 Å². The average molecular weight is 1280 g/mol. The summed E-state index contributed by atoms with van der Waals surface area (Å²) in [6.07, 6.45) is 17.3. The lowest BCUT2D eigenvalue weighted by Crippen LogP contribution is -2.33. The monoisotopic (exact) mass is 1270 g/mol. The maximum Gasteiger partial charge on any atom is 0.412 e. The number of nitrogens with zero attached hydrogens (tertiary/aromatic N) is 4. The molecule has 5 fully saturated rings. The van der Waals surface area contributed by atoms with Crippen molar-refractivity contribution in [3.63, 3.8) is 0 Å². The van der Waals surface area contributed by atoms with Crippen molar-refractivity contribution in [1.29, 1.82) is 0 Å². The van der Waals surface area contributed by atoms with E-state index in [9.17, 15) is 63.6 Å². The van der Waals surface area contributed by atoms with E-state index in [2.05, 4.69) is 24.0 Å². The lowest BCUT2D eigenvalue weighted by Gasteiger charge is -2.21. The molecule has 5 aliphatic rings. The number of methoxy groups -OCH3 is 2. The van der Waals surface area contributed by atoms with Crippen LogP contribution in [0.15, 0.2) is 120 Å². The van der Waals surface area contributed by atoms with Gasteiger partial charge < -0.3 is 73.3 Å². The Balaban J connectivity index is 0.000000230. The molecular formula is C60H81Cl2N7O19. The number of nitrogens with two attached hydrogens (primary N) is 1. The minimum Gasteiger partial charge on any atom is -0.477 e. The Morgan fingerprint density at radius 1 is 0.534 bits per heavy atom. The van der Waals surface area contributed by atoms with Gasteiger partial charge in [-0.3, -0.25) is 29.3 Å². The Bertz CT molecular complexity index is 3390. The Labute approximate surface area is 518 Å². The summed E-state index contributed by atoms with van der Waals surface area (Å²) >= 11 is 5.42. The molecule has 5 heterocycles. The number of rotatable bonds is 9. The number of ether oxygens (including phenoxy) is 3. The smallest absolute Gasteiger partial charge is 0.412 e. The fourth-order valence-corrected chi connectivity index (χ4v) is 10.8. The van der Waals surface area contributed by atoms with Crippen LogP contribution in [0.5, 0.6) is 0 Å². The maximum atomic E-state index is 12.4. The number of aromatic carboxylic acids is 1. The third-order valence-corrected chi connectivity index (χ3v) is 15.4. The van der Waals surface area contributed by atoms with Crippen molar-refractivity contribution in [3.8, 4) is 0 Å². The van der Waals surface area contributed by atoms with E-state index in [1.54, 1.807) is 68.2 Å². The largest absolute Gasteiger partial charge is 0.477 e. The molecule has 5 aliphatic carbocycles. The van der Waals surface area contributed by atoms with Crippen LogP contribution in [-0.2, 0) is 14.2 Å². The number of hydrogen-bond acceptors (Lipinski definition) is 20. The molecular weight excluding hydrogens is 1190 g/mol. The number of esters is 2. The molecule has 0 saturated heterocycles. The number of nitrogens with one attached hydrogen (secondary N) is 2. The van der Waals surface area contributed by atoms with Gasteiger partial charge in [0.1, 0.15) is 33.7 Å². The van der Waals surface area contributed by atoms with Crippen LogP contribution in [0.25, 0.3) is 0 Å². The van der Waals surface area contributed by atoms with Crippen LogP contribution in [-0.4, -0.2) is 129 Å². The number of aliphatic hydroxyl groups excluding tert-OH is 5. The third kappa shape index (κ3) is 20.3. The fourth-order valence-electron chi connectivity index (χ4n) is 10.7. The number of carboxylic acid groups (broad SMARTS) is 1. The van der Waals surface area contributed by atoms with E-state index in [0.717, 1.165) is 70.6 Å². The van der Waals surface area contributed by atoms with E-state index in [1.807, 2.05) is 0 Å². The number of hydrogen-bond donors (Lipinski definition) is 9. The molecule has 10 atom stereocenters. The van der Waals surface area contributed by atoms with Gasteiger partial charge in [-0.1, -0.05) is 0 Å². The quantitative estimate of drug-likeness (QED) is 0.0475. The second-order valence-corrected chi connectivity index (χ2v) is 22.5. The summed E-state index contributed by atoms with van der Waals surface area (Å²) in [5, 5.41) is 59.3.